The van der Waals surface area contributed by atoms with Crippen LogP contribution in [0.25, 0.3) is 0 Å². The quantitative estimate of drug-likeness (QED) is 0.704. The molecule has 0 saturated carbocycles. The number of nitrogens with two attached hydrogens (primary N) is 1. The maximum Gasteiger partial charge on any atom is 0.217 e. The van der Waals surface area contributed by atoms with Crippen LogP contribution in [0, 0.1) is 6.92 Å². The van der Waals surface area contributed by atoms with Gasteiger partial charge in [0.25, 0.3) is 0 Å². The first-order chi connectivity index (χ1) is 6.11. The summed E-state index contributed by atoms with van der Waals surface area (Å²) in [5.41, 5.74) is 1.77. The molecule has 1 aromatic rings. The standard InChI is InChI=1S/C8H15N3O2/c1-5-7(6(2)13-9)8(12-4)11(3)10-5/h6H,9H2,1-4H3. The van der Waals surface area contributed by atoms with E-state index < -0.39 is 0 Å². The summed E-state index contributed by atoms with van der Waals surface area (Å²) in [6.45, 7) is 3.75. The van der Waals surface area contributed by atoms with Gasteiger partial charge in [-0.2, -0.15) is 5.10 Å². The van der Waals surface area contributed by atoms with E-state index in [1.165, 1.54) is 0 Å². The van der Waals surface area contributed by atoms with E-state index in [0.29, 0.717) is 5.88 Å². The van der Waals surface area contributed by atoms with Gasteiger partial charge in [-0.3, -0.25) is 4.84 Å². The Morgan fingerprint density at radius 2 is 2.15 bits per heavy atom. The number of nitrogens with zero attached hydrogens (tertiary/aromatic N) is 2. The normalized spacial score (nSPS) is 13.0. The molecule has 0 radical (unpaired) electrons. The summed E-state index contributed by atoms with van der Waals surface area (Å²) in [4.78, 5) is 4.74. The number of aryl methyl sites for hydroxylation is 2. The Kier molecular flexibility index (Phi) is 2.90. The van der Waals surface area contributed by atoms with Gasteiger partial charge in [-0.1, -0.05) is 0 Å². The topological polar surface area (TPSA) is 62.3 Å². The summed E-state index contributed by atoms with van der Waals surface area (Å²) in [7, 11) is 3.42. The van der Waals surface area contributed by atoms with E-state index >= 15 is 0 Å². The third-order valence-corrected chi connectivity index (χ3v) is 2.02. The first kappa shape index (κ1) is 10.0. The lowest BCUT2D eigenvalue weighted by Gasteiger charge is -2.09. The molecule has 0 saturated heterocycles. The molecule has 1 unspecified atom stereocenters. The van der Waals surface area contributed by atoms with Crippen LogP contribution in [-0.4, -0.2) is 16.9 Å². The third-order valence-electron chi connectivity index (χ3n) is 2.02. The van der Waals surface area contributed by atoms with E-state index in [0.717, 1.165) is 11.3 Å². The predicted molar refractivity (Wildman–Crippen MR) is 48.2 cm³/mol. The van der Waals surface area contributed by atoms with Gasteiger partial charge >= 0.3 is 0 Å². The third kappa shape index (κ3) is 1.66. The predicted octanol–water partition coefficient (Wildman–Crippen LogP) is 0.688. The number of hydrogen-bond donors (Lipinski definition) is 1. The molecule has 0 spiro atoms. The molecule has 0 aliphatic rings. The van der Waals surface area contributed by atoms with Crippen LogP contribution < -0.4 is 10.6 Å². The number of aromatic nitrogens is 2. The van der Waals surface area contributed by atoms with Gasteiger partial charge in [0.1, 0.15) is 6.10 Å². The molecule has 13 heavy (non-hydrogen) atoms. The summed E-state index contributed by atoms with van der Waals surface area (Å²) < 4.78 is 6.85. The average Bonchev–Trinajstić information content (AvgIpc) is 2.39. The van der Waals surface area contributed by atoms with E-state index in [4.69, 9.17) is 15.5 Å². The van der Waals surface area contributed by atoms with Crippen molar-refractivity contribution in [1.29, 1.82) is 0 Å². The molecule has 0 amide bonds. The lowest BCUT2D eigenvalue weighted by molar-refractivity contribution is 0.0640. The van der Waals surface area contributed by atoms with Crippen LogP contribution >= 0.6 is 0 Å². The zero-order valence-electron chi connectivity index (χ0n) is 8.37. The van der Waals surface area contributed by atoms with Gasteiger partial charge in [-0.25, -0.2) is 10.6 Å². The Labute approximate surface area is 77.4 Å². The highest BCUT2D eigenvalue weighted by Gasteiger charge is 2.19. The van der Waals surface area contributed by atoms with Gasteiger partial charge < -0.3 is 4.74 Å². The molecule has 0 aromatic carbocycles. The molecule has 1 rings (SSSR count). The highest BCUT2D eigenvalue weighted by molar-refractivity contribution is 5.32. The summed E-state index contributed by atoms with van der Waals surface area (Å²) in [6.07, 6.45) is -0.205. The minimum Gasteiger partial charge on any atom is -0.481 e. The van der Waals surface area contributed by atoms with Gasteiger partial charge in [0.15, 0.2) is 0 Å². The highest BCUT2D eigenvalue weighted by Crippen LogP contribution is 2.28. The van der Waals surface area contributed by atoms with Gasteiger partial charge in [0.05, 0.1) is 18.4 Å². The monoisotopic (exact) mass is 185 g/mol. The first-order valence-electron chi connectivity index (χ1n) is 4.04. The van der Waals surface area contributed by atoms with Crippen LogP contribution in [0.2, 0.25) is 0 Å². The van der Waals surface area contributed by atoms with Crippen molar-refractivity contribution >= 4 is 0 Å². The molecule has 5 nitrogen and oxygen atoms in total. The van der Waals surface area contributed by atoms with E-state index in [1.807, 2.05) is 20.9 Å². The summed E-state index contributed by atoms with van der Waals surface area (Å²) >= 11 is 0. The average molecular weight is 185 g/mol. The van der Waals surface area contributed by atoms with Crippen molar-refractivity contribution < 1.29 is 9.57 Å². The second kappa shape index (κ2) is 3.76. The zero-order valence-corrected chi connectivity index (χ0v) is 8.37. The Balaban J connectivity index is 3.16. The van der Waals surface area contributed by atoms with Crippen LogP contribution in [0.5, 0.6) is 5.88 Å². The fourth-order valence-corrected chi connectivity index (χ4v) is 1.43. The maximum absolute atomic E-state index is 5.18. The lowest BCUT2D eigenvalue weighted by atomic mass is 10.1. The molecule has 0 fully saturated rings. The minimum absolute atomic E-state index is 0.205. The minimum atomic E-state index is -0.205. The van der Waals surface area contributed by atoms with Crippen LogP contribution in [0.4, 0.5) is 0 Å². The van der Waals surface area contributed by atoms with Crippen LogP contribution in [-0.2, 0) is 11.9 Å². The molecule has 0 aliphatic heterocycles. The largest absolute Gasteiger partial charge is 0.481 e. The lowest BCUT2D eigenvalue weighted by Crippen LogP contribution is -2.07. The maximum atomic E-state index is 5.18. The van der Waals surface area contributed by atoms with Gasteiger partial charge in [-0.15, -0.1) is 0 Å². The Morgan fingerprint density at radius 3 is 2.62 bits per heavy atom. The van der Waals surface area contributed by atoms with Crippen LogP contribution in [0.15, 0.2) is 0 Å². The van der Waals surface area contributed by atoms with Gasteiger partial charge in [0.2, 0.25) is 5.88 Å². The van der Waals surface area contributed by atoms with E-state index in [-0.39, 0.29) is 6.10 Å². The molecular weight excluding hydrogens is 170 g/mol. The zero-order chi connectivity index (χ0) is 10.0. The fourth-order valence-electron chi connectivity index (χ4n) is 1.43. The molecule has 1 aromatic heterocycles. The van der Waals surface area contributed by atoms with E-state index in [1.54, 1.807) is 11.8 Å². The molecule has 0 aliphatic carbocycles. The van der Waals surface area contributed by atoms with Crippen molar-refractivity contribution in [1.82, 2.24) is 9.78 Å². The van der Waals surface area contributed by atoms with Crippen LogP contribution in [0.3, 0.4) is 0 Å². The molecule has 1 heterocycles. The van der Waals surface area contributed by atoms with Gasteiger partial charge in [0, 0.05) is 7.05 Å². The number of ether oxygens (including phenoxy) is 1. The SMILES string of the molecule is COc1c(C(C)ON)c(C)nn1C. The van der Waals surface area contributed by atoms with Crippen molar-refractivity contribution in [2.24, 2.45) is 12.9 Å². The molecule has 1 atom stereocenters. The van der Waals surface area contributed by atoms with Crippen molar-refractivity contribution in [3.05, 3.63) is 11.3 Å². The molecular formula is C8H15N3O2. The van der Waals surface area contributed by atoms with Crippen molar-refractivity contribution in [2.75, 3.05) is 7.11 Å². The first-order valence-corrected chi connectivity index (χ1v) is 4.04. The number of hydrogen-bond acceptors (Lipinski definition) is 4. The summed E-state index contributed by atoms with van der Waals surface area (Å²) in [6, 6.07) is 0. The molecule has 5 heteroatoms. The van der Waals surface area contributed by atoms with Crippen LogP contribution in [0.1, 0.15) is 24.3 Å². The fraction of sp³-hybridized carbons (Fsp3) is 0.625. The van der Waals surface area contributed by atoms with Crippen molar-refractivity contribution in [3.8, 4) is 5.88 Å². The van der Waals surface area contributed by atoms with Crippen molar-refractivity contribution in [2.45, 2.75) is 20.0 Å². The summed E-state index contributed by atoms with van der Waals surface area (Å²) in [5, 5.41) is 4.21. The second-order valence-corrected chi connectivity index (χ2v) is 2.91. The van der Waals surface area contributed by atoms with Gasteiger partial charge in [-0.05, 0) is 13.8 Å². The Hall–Kier alpha value is -1.07. The van der Waals surface area contributed by atoms with Crippen molar-refractivity contribution in [3.63, 3.8) is 0 Å². The Bertz CT molecular complexity index is 296. The number of methoxy groups -OCH3 is 1. The van der Waals surface area contributed by atoms with E-state index in [9.17, 15) is 0 Å². The van der Waals surface area contributed by atoms with E-state index in [2.05, 4.69) is 5.10 Å². The smallest absolute Gasteiger partial charge is 0.217 e. The number of rotatable bonds is 3. The highest BCUT2D eigenvalue weighted by atomic mass is 16.6. The molecule has 2 N–H and O–H groups in total. The molecule has 74 valence electrons. The molecule has 0 bridgehead atoms. The summed E-state index contributed by atoms with van der Waals surface area (Å²) in [5.74, 6) is 5.80. The Morgan fingerprint density at radius 1 is 1.54 bits per heavy atom. The second-order valence-electron chi connectivity index (χ2n) is 2.91.